The van der Waals surface area contributed by atoms with Crippen LogP contribution in [0.4, 0.5) is 5.69 Å². The Hall–Kier alpha value is -1.35. The van der Waals surface area contributed by atoms with Crippen LogP contribution >= 0.6 is 11.8 Å². The van der Waals surface area contributed by atoms with Gasteiger partial charge < -0.3 is 10.9 Å². The molecular formula is C8H8ClN3. The predicted molar refractivity (Wildman–Crippen MR) is 50.4 cm³/mol. The maximum atomic E-state index is 5.53. The number of halogens is 1. The minimum absolute atomic E-state index is 0.902. The van der Waals surface area contributed by atoms with Crippen LogP contribution in [0, 0.1) is 0 Å². The second kappa shape index (κ2) is 2.95. The molecule has 0 spiro atoms. The molecule has 1 aliphatic rings. The Morgan fingerprint density at radius 2 is 2.00 bits per heavy atom. The lowest BCUT2D eigenvalue weighted by atomic mass is 10.2. The molecule has 0 atom stereocenters. The lowest BCUT2D eigenvalue weighted by Gasteiger charge is -2.07. The molecule has 0 radical (unpaired) electrons. The lowest BCUT2D eigenvalue weighted by molar-refractivity contribution is 0.844. The van der Waals surface area contributed by atoms with Gasteiger partial charge in [-0.25, -0.2) is 0 Å². The average Bonchev–Trinajstić information content (AvgIpc) is 2.17. The summed E-state index contributed by atoms with van der Waals surface area (Å²) in [5.74, 6) is 0. The number of hydrogen-bond acceptors (Lipinski definition) is 3. The van der Waals surface area contributed by atoms with Crippen LogP contribution in [0.1, 0.15) is 0 Å². The molecule has 1 aromatic carbocycles. The van der Waals surface area contributed by atoms with E-state index in [0.717, 1.165) is 16.1 Å². The summed E-state index contributed by atoms with van der Waals surface area (Å²) in [5.41, 5.74) is 6.68. The first-order valence-corrected chi connectivity index (χ1v) is 3.97. The number of hydrazine groups is 1. The summed E-state index contributed by atoms with van der Waals surface area (Å²) < 4.78 is 0. The predicted octanol–water partition coefficient (Wildman–Crippen LogP) is -0.164. The van der Waals surface area contributed by atoms with Crippen LogP contribution in [0.15, 0.2) is 18.2 Å². The van der Waals surface area contributed by atoms with Crippen LogP contribution in [0.3, 0.4) is 0 Å². The maximum absolute atomic E-state index is 5.53. The third kappa shape index (κ3) is 1.08. The van der Waals surface area contributed by atoms with E-state index >= 15 is 0 Å². The zero-order valence-corrected chi connectivity index (χ0v) is 7.02. The molecule has 0 unspecified atom stereocenters. The van der Waals surface area contributed by atoms with Crippen molar-refractivity contribution in [1.82, 2.24) is 10.9 Å². The molecule has 4 heteroatoms. The monoisotopic (exact) mass is 181 g/mol. The molecular weight excluding hydrogens is 174 g/mol. The number of fused-ring (bicyclic) bond motifs is 1. The van der Waals surface area contributed by atoms with E-state index in [-0.39, 0.29) is 0 Å². The number of rotatable bonds is 1. The summed E-state index contributed by atoms with van der Waals surface area (Å²) in [6.07, 6.45) is 3.74. The standard InChI is InChI=1S/C8H8ClN3/c9-12-8-3-1-2-6-4-10-11-5-7(6)8/h1-5,10-12H. The molecule has 12 heavy (non-hydrogen) atoms. The van der Waals surface area contributed by atoms with E-state index in [1.54, 1.807) is 0 Å². The highest BCUT2D eigenvalue weighted by Gasteiger charge is 1.96. The molecule has 0 bridgehead atoms. The van der Waals surface area contributed by atoms with E-state index < -0.39 is 0 Å². The fraction of sp³-hybridized carbons (Fsp3) is 0. The van der Waals surface area contributed by atoms with Crippen molar-refractivity contribution in [3.63, 3.8) is 0 Å². The van der Waals surface area contributed by atoms with Crippen LogP contribution in [-0.2, 0) is 0 Å². The van der Waals surface area contributed by atoms with Crippen LogP contribution in [0.5, 0.6) is 0 Å². The summed E-state index contributed by atoms with van der Waals surface area (Å²) in [6, 6.07) is 5.88. The quantitative estimate of drug-likeness (QED) is 0.527. The second-order valence-corrected chi connectivity index (χ2v) is 2.67. The number of hydrogen-bond donors (Lipinski definition) is 3. The number of anilines is 1. The maximum Gasteiger partial charge on any atom is 0.0585 e. The Bertz CT molecular complexity index is 399. The van der Waals surface area contributed by atoms with Gasteiger partial charge in [0, 0.05) is 34.6 Å². The van der Waals surface area contributed by atoms with Crippen LogP contribution in [0.25, 0.3) is 12.4 Å². The SMILES string of the molecule is ClNc1cccc2c1=CNNC=2. The van der Waals surface area contributed by atoms with E-state index in [4.69, 9.17) is 11.8 Å². The third-order valence-corrected chi connectivity index (χ3v) is 1.97. The van der Waals surface area contributed by atoms with Gasteiger partial charge in [-0.15, -0.1) is 0 Å². The highest BCUT2D eigenvalue weighted by Crippen LogP contribution is 1.96. The van der Waals surface area contributed by atoms with Gasteiger partial charge in [0.1, 0.15) is 0 Å². The van der Waals surface area contributed by atoms with Crippen LogP contribution < -0.4 is 26.1 Å². The van der Waals surface area contributed by atoms with Crippen molar-refractivity contribution in [1.29, 1.82) is 0 Å². The Balaban J connectivity index is 2.77. The summed E-state index contributed by atoms with van der Waals surface area (Å²) in [5, 5.41) is 2.17. The van der Waals surface area contributed by atoms with Crippen LogP contribution in [-0.4, -0.2) is 0 Å². The van der Waals surface area contributed by atoms with Crippen LogP contribution in [0.2, 0.25) is 0 Å². The molecule has 3 nitrogen and oxygen atoms in total. The smallest absolute Gasteiger partial charge is 0.0585 e. The molecule has 0 amide bonds. The number of nitrogens with one attached hydrogen (secondary N) is 3. The van der Waals surface area contributed by atoms with Gasteiger partial charge in [0.15, 0.2) is 0 Å². The second-order valence-electron chi connectivity index (χ2n) is 2.48. The van der Waals surface area contributed by atoms with Crippen molar-refractivity contribution in [3.05, 3.63) is 28.6 Å². The lowest BCUT2D eigenvalue weighted by Crippen LogP contribution is -2.39. The van der Waals surface area contributed by atoms with Crippen molar-refractivity contribution in [2.75, 3.05) is 4.84 Å². The van der Waals surface area contributed by atoms with Crippen molar-refractivity contribution in [3.8, 4) is 0 Å². The topological polar surface area (TPSA) is 36.1 Å². The van der Waals surface area contributed by atoms with E-state index in [9.17, 15) is 0 Å². The molecule has 2 rings (SSSR count). The summed E-state index contributed by atoms with van der Waals surface area (Å²) >= 11 is 5.53. The first kappa shape index (κ1) is 7.31. The molecule has 0 aromatic heterocycles. The Labute approximate surface area is 74.8 Å². The van der Waals surface area contributed by atoms with E-state index in [1.807, 2.05) is 30.6 Å². The van der Waals surface area contributed by atoms with Crippen molar-refractivity contribution < 1.29 is 0 Å². The third-order valence-electron chi connectivity index (χ3n) is 1.77. The molecule has 1 aromatic rings. The minimum Gasteiger partial charge on any atom is -0.308 e. The van der Waals surface area contributed by atoms with Crippen molar-refractivity contribution in [2.45, 2.75) is 0 Å². The van der Waals surface area contributed by atoms with Gasteiger partial charge in [-0.05, 0) is 6.07 Å². The van der Waals surface area contributed by atoms with Gasteiger partial charge in [0.05, 0.1) is 5.69 Å². The minimum atomic E-state index is 0.902. The fourth-order valence-corrected chi connectivity index (χ4v) is 1.35. The molecule has 1 heterocycles. The van der Waals surface area contributed by atoms with Crippen molar-refractivity contribution >= 4 is 29.9 Å². The van der Waals surface area contributed by atoms with Gasteiger partial charge in [-0.1, -0.05) is 12.1 Å². The average molecular weight is 182 g/mol. The molecule has 0 saturated carbocycles. The number of benzene rings is 1. The highest BCUT2D eigenvalue weighted by atomic mass is 35.5. The normalized spacial score (nSPS) is 12.8. The first-order valence-electron chi connectivity index (χ1n) is 3.59. The largest absolute Gasteiger partial charge is 0.308 e. The zero-order chi connectivity index (χ0) is 8.39. The summed E-state index contributed by atoms with van der Waals surface area (Å²) in [7, 11) is 0. The molecule has 0 saturated heterocycles. The molecule has 0 aliphatic carbocycles. The van der Waals surface area contributed by atoms with Crippen molar-refractivity contribution in [2.24, 2.45) is 0 Å². The Morgan fingerprint density at radius 3 is 2.83 bits per heavy atom. The molecule has 3 N–H and O–H groups in total. The van der Waals surface area contributed by atoms with Gasteiger partial charge in [-0.2, -0.15) is 0 Å². The van der Waals surface area contributed by atoms with E-state index in [0.29, 0.717) is 0 Å². The molecule has 62 valence electrons. The van der Waals surface area contributed by atoms with Gasteiger partial charge in [-0.3, -0.25) is 4.84 Å². The van der Waals surface area contributed by atoms with Gasteiger partial charge in [0.2, 0.25) is 0 Å². The van der Waals surface area contributed by atoms with Gasteiger partial charge >= 0.3 is 0 Å². The molecule has 0 fully saturated rings. The summed E-state index contributed by atoms with van der Waals surface area (Å²) in [4.78, 5) is 2.61. The van der Waals surface area contributed by atoms with Gasteiger partial charge in [0.25, 0.3) is 0 Å². The molecule has 1 aliphatic heterocycles. The Morgan fingerprint density at radius 1 is 1.17 bits per heavy atom. The zero-order valence-electron chi connectivity index (χ0n) is 6.26. The summed E-state index contributed by atoms with van der Waals surface area (Å²) in [6.45, 7) is 0. The first-order chi connectivity index (χ1) is 5.92. The fourth-order valence-electron chi connectivity index (χ4n) is 1.19. The van der Waals surface area contributed by atoms with E-state index in [2.05, 4.69) is 15.7 Å². The Kier molecular flexibility index (Phi) is 1.80. The highest BCUT2D eigenvalue weighted by molar-refractivity contribution is 6.23. The van der Waals surface area contributed by atoms with E-state index in [1.165, 1.54) is 0 Å².